The Morgan fingerprint density at radius 3 is 3.10 bits per heavy atom. The van der Waals surface area contributed by atoms with Crippen molar-refractivity contribution in [1.82, 2.24) is 15.2 Å². The average Bonchev–Trinajstić information content (AvgIpc) is 2.38. The van der Waals surface area contributed by atoms with Gasteiger partial charge in [0.1, 0.15) is 12.2 Å². The Morgan fingerprint density at radius 1 is 1.80 bits per heavy atom. The van der Waals surface area contributed by atoms with Crippen molar-refractivity contribution in [3.8, 4) is 0 Å². The molecule has 4 nitrogen and oxygen atoms in total. The van der Waals surface area contributed by atoms with Gasteiger partial charge in [0.2, 0.25) is 0 Å². The van der Waals surface area contributed by atoms with Crippen LogP contribution in [0.1, 0.15) is 31.6 Å². The molecule has 1 heterocycles. The molecule has 10 heavy (non-hydrogen) atoms. The summed E-state index contributed by atoms with van der Waals surface area (Å²) >= 11 is 0. The van der Waals surface area contributed by atoms with E-state index < -0.39 is 0 Å². The van der Waals surface area contributed by atoms with Crippen LogP contribution < -0.4 is 5.73 Å². The van der Waals surface area contributed by atoms with Crippen LogP contribution in [-0.4, -0.2) is 15.2 Å². The molecule has 0 aromatic carbocycles. The van der Waals surface area contributed by atoms with Gasteiger partial charge in [-0.15, -0.1) is 0 Å². The van der Waals surface area contributed by atoms with Crippen LogP contribution in [0.25, 0.3) is 0 Å². The molecular weight excluding hydrogens is 128 g/mol. The van der Waals surface area contributed by atoms with E-state index in [1.54, 1.807) is 0 Å². The highest BCUT2D eigenvalue weighted by atomic mass is 15.2. The van der Waals surface area contributed by atoms with Crippen LogP contribution in [-0.2, 0) is 0 Å². The summed E-state index contributed by atoms with van der Waals surface area (Å²) in [6, 6.07) is 0.0208. The minimum Gasteiger partial charge on any atom is -0.321 e. The molecule has 1 atom stereocenters. The fourth-order valence-electron chi connectivity index (χ4n) is 0.841. The van der Waals surface area contributed by atoms with Crippen molar-refractivity contribution in [1.29, 1.82) is 0 Å². The van der Waals surface area contributed by atoms with Crippen molar-refractivity contribution in [2.75, 3.05) is 0 Å². The van der Waals surface area contributed by atoms with E-state index in [9.17, 15) is 0 Å². The van der Waals surface area contributed by atoms with Crippen molar-refractivity contribution in [3.05, 3.63) is 12.2 Å². The van der Waals surface area contributed by atoms with Gasteiger partial charge in [0.15, 0.2) is 0 Å². The molecule has 4 heteroatoms. The molecule has 0 saturated heterocycles. The van der Waals surface area contributed by atoms with Crippen LogP contribution in [0, 0.1) is 0 Å². The average molecular weight is 140 g/mol. The molecule has 0 fully saturated rings. The van der Waals surface area contributed by atoms with Gasteiger partial charge in [-0.2, -0.15) is 5.10 Å². The van der Waals surface area contributed by atoms with Gasteiger partial charge in [0, 0.05) is 0 Å². The topological polar surface area (TPSA) is 67.6 Å². The van der Waals surface area contributed by atoms with Gasteiger partial charge in [-0.1, -0.05) is 13.3 Å². The van der Waals surface area contributed by atoms with Crippen LogP contribution in [0.2, 0.25) is 0 Å². The predicted molar refractivity (Wildman–Crippen MR) is 38.2 cm³/mol. The first-order valence-electron chi connectivity index (χ1n) is 3.45. The lowest BCUT2D eigenvalue weighted by Crippen LogP contribution is -2.11. The minimum atomic E-state index is 0.0208. The third-order valence-corrected chi connectivity index (χ3v) is 1.38. The number of hydrogen-bond donors (Lipinski definition) is 2. The number of H-pyrrole nitrogens is 1. The zero-order valence-electron chi connectivity index (χ0n) is 6.04. The van der Waals surface area contributed by atoms with Crippen LogP contribution in [0.4, 0.5) is 0 Å². The number of nitrogens with two attached hydrogens (primary N) is 1. The number of hydrogen-bond acceptors (Lipinski definition) is 3. The highest BCUT2D eigenvalue weighted by Gasteiger charge is 2.05. The lowest BCUT2D eigenvalue weighted by Gasteiger charge is -2.03. The molecule has 0 unspecified atom stereocenters. The van der Waals surface area contributed by atoms with E-state index in [1.807, 2.05) is 0 Å². The van der Waals surface area contributed by atoms with Crippen molar-refractivity contribution < 1.29 is 0 Å². The van der Waals surface area contributed by atoms with Crippen LogP contribution in [0.3, 0.4) is 0 Å². The number of aromatic nitrogens is 3. The second-order valence-corrected chi connectivity index (χ2v) is 2.27. The third kappa shape index (κ3) is 1.54. The van der Waals surface area contributed by atoms with E-state index in [0.717, 1.165) is 18.7 Å². The Labute approximate surface area is 59.8 Å². The molecule has 0 saturated carbocycles. The molecule has 0 spiro atoms. The quantitative estimate of drug-likeness (QED) is 0.646. The van der Waals surface area contributed by atoms with Crippen molar-refractivity contribution in [3.63, 3.8) is 0 Å². The summed E-state index contributed by atoms with van der Waals surface area (Å²) in [7, 11) is 0. The maximum atomic E-state index is 5.72. The van der Waals surface area contributed by atoms with Crippen molar-refractivity contribution in [2.24, 2.45) is 5.73 Å². The fourth-order valence-corrected chi connectivity index (χ4v) is 0.841. The Bertz CT molecular complexity index is 170. The predicted octanol–water partition coefficient (Wildman–Crippen LogP) is 0.605. The molecular formula is C6H12N4. The largest absolute Gasteiger partial charge is 0.321 e. The maximum absolute atomic E-state index is 5.72. The Balaban J connectivity index is 2.50. The molecule has 1 rings (SSSR count). The molecule has 0 amide bonds. The molecule has 0 bridgehead atoms. The molecule has 56 valence electrons. The van der Waals surface area contributed by atoms with E-state index >= 15 is 0 Å². The minimum absolute atomic E-state index is 0.0208. The molecule has 3 N–H and O–H groups in total. The monoisotopic (exact) mass is 140 g/mol. The molecule has 0 aliphatic rings. The number of nitrogens with one attached hydrogen (secondary N) is 1. The van der Waals surface area contributed by atoms with Gasteiger partial charge in [0.25, 0.3) is 0 Å². The van der Waals surface area contributed by atoms with E-state index in [4.69, 9.17) is 5.73 Å². The first-order valence-corrected chi connectivity index (χ1v) is 3.45. The second-order valence-electron chi connectivity index (χ2n) is 2.27. The number of aromatic amines is 1. The molecule has 0 aliphatic carbocycles. The smallest absolute Gasteiger partial charge is 0.141 e. The van der Waals surface area contributed by atoms with Crippen molar-refractivity contribution >= 4 is 0 Å². The lowest BCUT2D eigenvalue weighted by atomic mass is 10.2. The summed E-state index contributed by atoms with van der Waals surface area (Å²) in [6.07, 6.45) is 3.50. The first kappa shape index (κ1) is 7.21. The first-order chi connectivity index (χ1) is 4.84. The van der Waals surface area contributed by atoms with Crippen LogP contribution >= 0.6 is 0 Å². The summed E-state index contributed by atoms with van der Waals surface area (Å²) in [5, 5.41) is 6.44. The highest BCUT2D eigenvalue weighted by molar-refractivity contribution is 4.88. The summed E-state index contributed by atoms with van der Waals surface area (Å²) < 4.78 is 0. The van der Waals surface area contributed by atoms with Crippen LogP contribution in [0.5, 0.6) is 0 Å². The maximum Gasteiger partial charge on any atom is 0.141 e. The Morgan fingerprint density at radius 2 is 2.60 bits per heavy atom. The molecule has 1 aromatic heterocycles. The summed E-state index contributed by atoms with van der Waals surface area (Å²) in [6.45, 7) is 2.09. The zero-order chi connectivity index (χ0) is 7.40. The molecule has 0 radical (unpaired) electrons. The highest BCUT2D eigenvalue weighted by Crippen LogP contribution is 2.08. The Kier molecular flexibility index (Phi) is 2.39. The van der Waals surface area contributed by atoms with E-state index in [2.05, 4.69) is 22.1 Å². The number of rotatable bonds is 3. The van der Waals surface area contributed by atoms with Gasteiger partial charge < -0.3 is 5.73 Å². The third-order valence-electron chi connectivity index (χ3n) is 1.38. The van der Waals surface area contributed by atoms with Crippen LogP contribution in [0.15, 0.2) is 6.33 Å². The van der Waals surface area contributed by atoms with Gasteiger partial charge in [-0.25, -0.2) is 4.98 Å². The number of nitrogens with zero attached hydrogens (tertiary/aromatic N) is 2. The standard InChI is InChI=1S/C6H12N4/c1-2-3-5(7)6-8-4-9-10-6/h4-5H,2-3,7H2,1H3,(H,8,9,10)/t5-/m1/s1. The Hall–Kier alpha value is -0.900. The summed E-state index contributed by atoms with van der Waals surface area (Å²) in [5.41, 5.74) is 5.72. The van der Waals surface area contributed by atoms with Gasteiger partial charge in [0.05, 0.1) is 6.04 Å². The zero-order valence-corrected chi connectivity index (χ0v) is 6.04. The van der Waals surface area contributed by atoms with Gasteiger partial charge >= 0.3 is 0 Å². The lowest BCUT2D eigenvalue weighted by molar-refractivity contribution is 0.604. The SMILES string of the molecule is CCC[C@@H](N)c1ncn[nH]1. The van der Waals surface area contributed by atoms with E-state index in [0.29, 0.717) is 0 Å². The normalized spacial score (nSPS) is 13.4. The molecule has 1 aromatic rings. The summed E-state index contributed by atoms with van der Waals surface area (Å²) in [4.78, 5) is 3.94. The molecule has 0 aliphatic heterocycles. The second kappa shape index (κ2) is 3.31. The van der Waals surface area contributed by atoms with E-state index in [1.165, 1.54) is 6.33 Å². The fraction of sp³-hybridized carbons (Fsp3) is 0.667. The van der Waals surface area contributed by atoms with E-state index in [-0.39, 0.29) is 6.04 Å². The summed E-state index contributed by atoms with van der Waals surface area (Å²) in [5.74, 6) is 0.779. The van der Waals surface area contributed by atoms with Gasteiger partial charge in [-0.05, 0) is 6.42 Å². The van der Waals surface area contributed by atoms with Crippen molar-refractivity contribution in [2.45, 2.75) is 25.8 Å². The van der Waals surface area contributed by atoms with Gasteiger partial charge in [-0.3, -0.25) is 5.10 Å².